The minimum absolute atomic E-state index is 0.0660. The molecule has 5 N–H and O–H groups in total. The number of aromatic carboxylic acids is 3. The van der Waals surface area contributed by atoms with E-state index in [2.05, 4.69) is 0 Å². The Morgan fingerprint density at radius 2 is 1.20 bits per heavy atom. The van der Waals surface area contributed by atoms with Crippen molar-refractivity contribution in [3.05, 3.63) is 143 Å². The molecule has 0 spiro atoms. The Bertz CT molecular complexity index is 1660. The predicted octanol–water partition coefficient (Wildman–Crippen LogP) is 6.62. The van der Waals surface area contributed by atoms with Crippen molar-refractivity contribution >= 4 is 28.7 Å². The van der Waals surface area contributed by atoms with Gasteiger partial charge in [0.25, 0.3) is 0 Å². The van der Waals surface area contributed by atoms with Gasteiger partial charge in [0.1, 0.15) is 17.1 Å². The van der Waals surface area contributed by atoms with E-state index in [0.717, 1.165) is 16.5 Å². The average Bonchev–Trinajstić information content (AvgIpc) is 2.95. The van der Waals surface area contributed by atoms with Gasteiger partial charge in [0.15, 0.2) is 0 Å². The van der Waals surface area contributed by atoms with E-state index in [1.54, 1.807) is 48.5 Å². The molecule has 0 saturated carbocycles. The molecule has 0 aliphatic rings. The SMILES string of the molecule is Cc1ccc(Cc2cc(O)ccc2C(=O)O)cc1.O=C(O)c1ccc2ccccc2c1O.O=C(O)c1ccccc1. The summed E-state index contributed by atoms with van der Waals surface area (Å²) in [6, 6.07) is 30.7. The highest BCUT2D eigenvalue weighted by atomic mass is 16.4. The lowest BCUT2D eigenvalue weighted by atomic mass is 9.99. The van der Waals surface area contributed by atoms with E-state index in [4.69, 9.17) is 15.3 Å². The summed E-state index contributed by atoms with van der Waals surface area (Å²) in [4.78, 5) is 32.0. The van der Waals surface area contributed by atoms with Crippen molar-refractivity contribution in [2.24, 2.45) is 0 Å². The summed E-state index contributed by atoms with van der Waals surface area (Å²) >= 11 is 0. The summed E-state index contributed by atoms with van der Waals surface area (Å²) in [5.41, 5.74) is 3.29. The number of phenols is 2. The smallest absolute Gasteiger partial charge is 0.339 e. The van der Waals surface area contributed by atoms with Crippen molar-refractivity contribution in [1.29, 1.82) is 0 Å². The van der Waals surface area contributed by atoms with Crippen molar-refractivity contribution < 1.29 is 39.9 Å². The van der Waals surface area contributed by atoms with Crippen LogP contribution < -0.4 is 0 Å². The molecule has 208 valence electrons. The van der Waals surface area contributed by atoms with Gasteiger partial charge < -0.3 is 25.5 Å². The Hall–Kier alpha value is -5.63. The monoisotopic (exact) mass is 552 g/mol. The number of rotatable bonds is 5. The van der Waals surface area contributed by atoms with Crippen molar-refractivity contribution in [2.75, 3.05) is 0 Å². The standard InChI is InChI=1S/C15H14O3.C11H8O3.C7H6O2/c1-10-2-4-11(5-3-10)8-12-9-13(16)6-7-14(12)15(17)18;12-10-8-4-2-1-3-7(8)5-6-9(10)11(13)14;8-7(9)6-4-2-1-3-5-6/h2-7,9,16H,8H2,1H3,(H,17,18);1-6,12H,(H,13,14);1-5H,(H,8,9). The first-order valence-corrected chi connectivity index (χ1v) is 12.4. The van der Waals surface area contributed by atoms with Crippen LogP contribution in [0.1, 0.15) is 47.8 Å². The van der Waals surface area contributed by atoms with E-state index in [1.165, 1.54) is 24.3 Å². The summed E-state index contributed by atoms with van der Waals surface area (Å²) in [5.74, 6) is -3.06. The van der Waals surface area contributed by atoms with Crippen LogP contribution in [0.2, 0.25) is 0 Å². The number of aryl methyl sites for hydroxylation is 1. The Morgan fingerprint density at radius 3 is 1.78 bits per heavy atom. The summed E-state index contributed by atoms with van der Waals surface area (Å²) in [7, 11) is 0. The van der Waals surface area contributed by atoms with Crippen molar-refractivity contribution in [3.63, 3.8) is 0 Å². The van der Waals surface area contributed by atoms with Gasteiger partial charge in [-0.05, 0) is 66.3 Å². The normalized spacial score (nSPS) is 9.98. The van der Waals surface area contributed by atoms with Crippen LogP contribution in [0.5, 0.6) is 11.5 Å². The molecular weight excluding hydrogens is 524 g/mol. The van der Waals surface area contributed by atoms with Crippen LogP contribution >= 0.6 is 0 Å². The molecule has 0 bridgehead atoms. The van der Waals surface area contributed by atoms with E-state index in [1.807, 2.05) is 43.3 Å². The van der Waals surface area contributed by atoms with Gasteiger partial charge in [0, 0.05) is 5.39 Å². The molecule has 0 radical (unpaired) electrons. The molecular formula is C33H28O8. The number of hydrogen-bond acceptors (Lipinski definition) is 5. The molecule has 8 nitrogen and oxygen atoms in total. The Labute approximate surface area is 236 Å². The summed E-state index contributed by atoms with van der Waals surface area (Å²) < 4.78 is 0. The topological polar surface area (TPSA) is 152 Å². The van der Waals surface area contributed by atoms with Crippen LogP contribution in [0.15, 0.2) is 109 Å². The zero-order valence-electron chi connectivity index (χ0n) is 22.1. The number of phenolic OH excluding ortho intramolecular Hbond substituents is 1. The minimum atomic E-state index is -1.12. The predicted molar refractivity (Wildman–Crippen MR) is 155 cm³/mol. The van der Waals surface area contributed by atoms with E-state index >= 15 is 0 Å². The molecule has 0 aromatic heterocycles. The number of benzene rings is 5. The molecule has 5 aromatic rings. The minimum Gasteiger partial charge on any atom is -0.508 e. The number of hydrogen-bond donors (Lipinski definition) is 5. The van der Waals surface area contributed by atoms with Crippen LogP contribution in [0.3, 0.4) is 0 Å². The zero-order chi connectivity index (χ0) is 29.9. The summed E-state index contributed by atoms with van der Waals surface area (Å²) in [6.07, 6.45) is 0.496. The lowest BCUT2D eigenvalue weighted by Crippen LogP contribution is -2.02. The van der Waals surface area contributed by atoms with Gasteiger partial charge in [0.05, 0.1) is 11.1 Å². The highest BCUT2D eigenvalue weighted by molar-refractivity contribution is 6.00. The quantitative estimate of drug-likeness (QED) is 0.163. The number of aromatic hydroxyl groups is 2. The molecule has 5 rings (SSSR count). The largest absolute Gasteiger partial charge is 0.508 e. The Morgan fingerprint density at radius 1 is 0.610 bits per heavy atom. The summed E-state index contributed by atoms with van der Waals surface area (Å²) in [5, 5.41) is 46.7. The zero-order valence-corrected chi connectivity index (χ0v) is 22.1. The average molecular weight is 553 g/mol. The fraction of sp³-hybridized carbons (Fsp3) is 0.0606. The third-order valence-corrected chi connectivity index (χ3v) is 5.99. The van der Waals surface area contributed by atoms with Crippen molar-refractivity contribution in [1.82, 2.24) is 0 Å². The molecule has 5 aromatic carbocycles. The lowest BCUT2D eigenvalue weighted by Gasteiger charge is -2.07. The molecule has 41 heavy (non-hydrogen) atoms. The van der Waals surface area contributed by atoms with E-state index in [9.17, 15) is 24.6 Å². The lowest BCUT2D eigenvalue weighted by molar-refractivity contribution is 0.0683. The van der Waals surface area contributed by atoms with Gasteiger partial charge in [-0.15, -0.1) is 0 Å². The first-order chi connectivity index (χ1) is 19.6. The first kappa shape index (κ1) is 29.9. The van der Waals surface area contributed by atoms with Crippen LogP contribution in [-0.2, 0) is 6.42 Å². The molecule has 0 fully saturated rings. The number of carbonyl (C=O) groups is 3. The second-order valence-electron chi connectivity index (χ2n) is 8.97. The van der Waals surface area contributed by atoms with E-state index in [-0.39, 0.29) is 22.6 Å². The van der Waals surface area contributed by atoms with Gasteiger partial charge in [-0.3, -0.25) is 0 Å². The van der Waals surface area contributed by atoms with Crippen LogP contribution in [-0.4, -0.2) is 43.4 Å². The van der Waals surface area contributed by atoms with Gasteiger partial charge in [0.2, 0.25) is 0 Å². The Balaban J connectivity index is 0.000000179. The van der Waals surface area contributed by atoms with E-state index < -0.39 is 17.9 Å². The molecule has 0 atom stereocenters. The fourth-order valence-electron chi connectivity index (χ4n) is 3.87. The van der Waals surface area contributed by atoms with Crippen LogP contribution in [0, 0.1) is 6.92 Å². The van der Waals surface area contributed by atoms with Gasteiger partial charge >= 0.3 is 17.9 Å². The maximum Gasteiger partial charge on any atom is 0.339 e. The van der Waals surface area contributed by atoms with Crippen molar-refractivity contribution in [3.8, 4) is 11.5 Å². The molecule has 0 aliphatic heterocycles. The third-order valence-electron chi connectivity index (χ3n) is 5.99. The van der Waals surface area contributed by atoms with Gasteiger partial charge in [-0.25, -0.2) is 14.4 Å². The molecule has 0 heterocycles. The number of carboxylic acid groups (broad SMARTS) is 3. The molecule has 0 aliphatic carbocycles. The third kappa shape index (κ3) is 8.43. The van der Waals surface area contributed by atoms with Crippen LogP contribution in [0.25, 0.3) is 10.8 Å². The van der Waals surface area contributed by atoms with E-state index in [0.29, 0.717) is 22.9 Å². The maximum atomic E-state index is 11.1. The van der Waals surface area contributed by atoms with Gasteiger partial charge in [-0.1, -0.05) is 78.4 Å². The fourth-order valence-corrected chi connectivity index (χ4v) is 3.87. The highest BCUT2D eigenvalue weighted by Gasteiger charge is 2.12. The van der Waals surface area contributed by atoms with Crippen LogP contribution in [0.4, 0.5) is 0 Å². The maximum absolute atomic E-state index is 11.1. The molecule has 0 unspecified atom stereocenters. The number of fused-ring (bicyclic) bond motifs is 1. The van der Waals surface area contributed by atoms with Gasteiger partial charge in [-0.2, -0.15) is 0 Å². The molecule has 0 amide bonds. The summed E-state index contributed by atoms with van der Waals surface area (Å²) in [6.45, 7) is 2.00. The highest BCUT2D eigenvalue weighted by Crippen LogP contribution is 2.28. The second kappa shape index (κ2) is 14.0. The van der Waals surface area contributed by atoms with Crippen molar-refractivity contribution in [2.45, 2.75) is 13.3 Å². The first-order valence-electron chi connectivity index (χ1n) is 12.4. The molecule has 0 saturated heterocycles. The second-order valence-corrected chi connectivity index (χ2v) is 8.97. The molecule has 8 heteroatoms. The Kier molecular flexibility index (Phi) is 10.2. The number of carboxylic acids is 3.